The second kappa shape index (κ2) is 8.25. The highest BCUT2D eigenvalue weighted by atomic mass is 19.1. The Morgan fingerprint density at radius 2 is 1.68 bits per heavy atom. The smallest absolute Gasteiger partial charge is 0.235 e. The molecule has 2 aromatic carbocycles. The first-order valence-corrected chi connectivity index (χ1v) is 9.24. The van der Waals surface area contributed by atoms with E-state index in [1.54, 1.807) is 26.0 Å². The molecule has 0 radical (unpaired) electrons. The van der Waals surface area contributed by atoms with Gasteiger partial charge in [0.15, 0.2) is 0 Å². The Hall–Kier alpha value is -3.15. The number of nitrogens with one attached hydrogen (secondary N) is 3. The summed E-state index contributed by atoms with van der Waals surface area (Å²) in [6.07, 6.45) is 2.61. The van der Waals surface area contributed by atoms with Gasteiger partial charge in [0, 0.05) is 30.2 Å². The van der Waals surface area contributed by atoms with Gasteiger partial charge in [-0.25, -0.2) is 4.39 Å². The zero-order chi connectivity index (χ0) is 20.1. The van der Waals surface area contributed by atoms with Gasteiger partial charge in [-0.3, -0.25) is 9.59 Å². The van der Waals surface area contributed by atoms with E-state index in [1.807, 2.05) is 30.5 Å². The van der Waals surface area contributed by atoms with E-state index in [-0.39, 0.29) is 24.2 Å². The number of carbonyl (C=O) groups is 2. The number of hydrogen-bond acceptors (Lipinski definition) is 2. The lowest BCUT2D eigenvalue weighted by Crippen LogP contribution is -2.48. The lowest BCUT2D eigenvalue weighted by Gasteiger charge is -2.22. The number of amides is 2. The second-order valence-corrected chi connectivity index (χ2v) is 7.30. The first-order chi connectivity index (χ1) is 13.4. The Labute approximate surface area is 163 Å². The average Bonchev–Trinajstić information content (AvgIpc) is 3.10. The fraction of sp³-hybridized carbons (Fsp3) is 0.273. The molecule has 28 heavy (non-hydrogen) atoms. The van der Waals surface area contributed by atoms with Crippen molar-refractivity contribution in [1.29, 1.82) is 0 Å². The molecule has 0 atom stereocenters. The predicted octanol–water partition coefficient (Wildman–Crippen LogP) is 3.31. The summed E-state index contributed by atoms with van der Waals surface area (Å²) in [5, 5.41) is 6.72. The van der Waals surface area contributed by atoms with E-state index < -0.39 is 5.41 Å². The number of benzene rings is 2. The average molecular weight is 381 g/mol. The van der Waals surface area contributed by atoms with Gasteiger partial charge in [0.2, 0.25) is 11.8 Å². The van der Waals surface area contributed by atoms with Crippen molar-refractivity contribution in [3.05, 3.63) is 71.7 Å². The summed E-state index contributed by atoms with van der Waals surface area (Å²) >= 11 is 0. The van der Waals surface area contributed by atoms with E-state index in [1.165, 1.54) is 12.1 Å². The van der Waals surface area contributed by atoms with Crippen molar-refractivity contribution >= 4 is 22.7 Å². The molecule has 0 fully saturated rings. The van der Waals surface area contributed by atoms with Crippen LogP contribution in [0.15, 0.2) is 54.7 Å². The van der Waals surface area contributed by atoms with Crippen LogP contribution in [0.3, 0.4) is 0 Å². The highest BCUT2D eigenvalue weighted by molar-refractivity contribution is 6.04. The number of hydrogen-bond donors (Lipinski definition) is 3. The Kier molecular flexibility index (Phi) is 5.78. The summed E-state index contributed by atoms with van der Waals surface area (Å²) in [5.41, 5.74) is 1.74. The third-order valence-electron chi connectivity index (χ3n) is 4.86. The number of halogens is 1. The largest absolute Gasteiger partial charge is 0.361 e. The first-order valence-electron chi connectivity index (χ1n) is 9.24. The summed E-state index contributed by atoms with van der Waals surface area (Å²) in [6.45, 7) is 3.86. The molecule has 146 valence electrons. The SMILES string of the molecule is CC(C)(C(=O)NCCc1c[nH]c2ccccc12)C(=O)NCc1ccc(F)cc1. The summed E-state index contributed by atoms with van der Waals surface area (Å²) in [6, 6.07) is 13.9. The van der Waals surface area contributed by atoms with Crippen molar-refractivity contribution in [3.8, 4) is 0 Å². The lowest BCUT2D eigenvalue weighted by atomic mass is 9.91. The maximum atomic E-state index is 12.9. The standard InChI is InChI=1S/C22H24FN3O2/c1-22(2,21(28)26-13-15-7-9-17(23)10-8-15)20(27)24-12-11-16-14-25-19-6-4-3-5-18(16)19/h3-10,14,25H,11-13H2,1-2H3,(H,24,27)(H,26,28). The highest BCUT2D eigenvalue weighted by Gasteiger charge is 2.35. The van der Waals surface area contributed by atoms with Gasteiger partial charge in [-0.15, -0.1) is 0 Å². The summed E-state index contributed by atoms with van der Waals surface area (Å²) < 4.78 is 12.9. The van der Waals surface area contributed by atoms with Gasteiger partial charge in [0.05, 0.1) is 0 Å². The molecule has 6 heteroatoms. The maximum Gasteiger partial charge on any atom is 0.235 e. The first kappa shape index (κ1) is 19.6. The Bertz CT molecular complexity index is 977. The van der Waals surface area contributed by atoms with Crippen LogP contribution in [0.2, 0.25) is 0 Å². The van der Waals surface area contributed by atoms with Crippen LogP contribution >= 0.6 is 0 Å². The van der Waals surface area contributed by atoms with Crippen molar-refractivity contribution in [1.82, 2.24) is 15.6 Å². The number of para-hydroxylation sites is 1. The molecular weight excluding hydrogens is 357 g/mol. The number of fused-ring (bicyclic) bond motifs is 1. The zero-order valence-corrected chi connectivity index (χ0v) is 16.0. The van der Waals surface area contributed by atoms with E-state index >= 15 is 0 Å². The fourth-order valence-electron chi connectivity index (χ4n) is 2.98. The van der Waals surface area contributed by atoms with Gasteiger partial charge in [-0.2, -0.15) is 0 Å². The fourth-order valence-corrected chi connectivity index (χ4v) is 2.98. The van der Waals surface area contributed by atoms with Gasteiger partial charge >= 0.3 is 0 Å². The van der Waals surface area contributed by atoms with Crippen LogP contribution in [0.1, 0.15) is 25.0 Å². The molecule has 0 bridgehead atoms. The van der Waals surface area contributed by atoms with Crippen molar-refractivity contribution in [2.24, 2.45) is 5.41 Å². The molecule has 3 N–H and O–H groups in total. The van der Waals surface area contributed by atoms with E-state index in [9.17, 15) is 14.0 Å². The molecule has 0 aliphatic carbocycles. The minimum absolute atomic E-state index is 0.241. The van der Waals surface area contributed by atoms with E-state index in [4.69, 9.17) is 0 Å². The summed E-state index contributed by atoms with van der Waals surface area (Å²) in [5.74, 6) is -1.03. The van der Waals surface area contributed by atoms with Gasteiger partial charge < -0.3 is 15.6 Å². The minimum atomic E-state index is -1.21. The van der Waals surface area contributed by atoms with Crippen LogP contribution < -0.4 is 10.6 Å². The van der Waals surface area contributed by atoms with Crippen LogP contribution in [0.4, 0.5) is 4.39 Å². The van der Waals surface area contributed by atoms with Crippen LogP contribution in [-0.4, -0.2) is 23.3 Å². The van der Waals surface area contributed by atoms with Crippen LogP contribution in [0.5, 0.6) is 0 Å². The predicted molar refractivity (Wildman–Crippen MR) is 107 cm³/mol. The van der Waals surface area contributed by atoms with Crippen molar-refractivity contribution in [2.45, 2.75) is 26.8 Å². The van der Waals surface area contributed by atoms with E-state index in [0.29, 0.717) is 13.0 Å². The highest BCUT2D eigenvalue weighted by Crippen LogP contribution is 2.19. The third kappa shape index (κ3) is 4.39. The molecule has 0 saturated carbocycles. The van der Waals surface area contributed by atoms with Crippen LogP contribution in [0, 0.1) is 11.2 Å². The van der Waals surface area contributed by atoms with Crippen molar-refractivity contribution in [2.75, 3.05) is 6.54 Å². The quantitative estimate of drug-likeness (QED) is 0.550. The second-order valence-electron chi connectivity index (χ2n) is 7.30. The topological polar surface area (TPSA) is 74.0 Å². The number of H-pyrrole nitrogens is 1. The molecule has 1 heterocycles. The minimum Gasteiger partial charge on any atom is -0.361 e. The summed E-state index contributed by atoms with van der Waals surface area (Å²) in [7, 11) is 0. The number of aromatic amines is 1. The molecule has 2 amide bonds. The molecule has 3 aromatic rings. The van der Waals surface area contributed by atoms with E-state index in [0.717, 1.165) is 22.0 Å². The normalized spacial score (nSPS) is 11.4. The lowest BCUT2D eigenvalue weighted by molar-refractivity contribution is -0.141. The molecule has 3 rings (SSSR count). The number of aromatic nitrogens is 1. The molecule has 0 aliphatic heterocycles. The monoisotopic (exact) mass is 381 g/mol. The molecule has 5 nitrogen and oxygen atoms in total. The van der Waals surface area contributed by atoms with Crippen LogP contribution in [0.25, 0.3) is 10.9 Å². The van der Waals surface area contributed by atoms with Gasteiger partial charge in [-0.05, 0) is 49.6 Å². The van der Waals surface area contributed by atoms with Crippen LogP contribution in [-0.2, 0) is 22.6 Å². The van der Waals surface area contributed by atoms with Crippen molar-refractivity contribution in [3.63, 3.8) is 0 Å². The Morgan fingerprint density at radius 3 is 2.43 bits per heavy atom. The molecule has 0 saturated heterocycles. The molecule has 0 unspecified atom stereocenters. The molecule has 0 aliphatic rings. The molecule has 1 aromatic heterocycles. The van der Waals surface area contributed by atoms with Gasteiger partial charge in [0.25, 0.3) is 0 Å². The molecular formula is C22H24FN3O2. The van der Waals surface area contributed by atoms with Gasteiger partial charge in [-0.1, -0.05) is 30.3 Å². The zero-order valence-electron chi connectivity index (χ0n) is 16.0. The van der Waals surface area contributed by atoms with E-state index in [2.05, 4.69) is 15.6 Å². The van der Waals surface area contributed by atoms with Gasteiger partial charge in [0.1, 0.15) is 11.2 Å². The molecule has 0 spiro atoms. The third-order valence-corrected chi connectivity index (χ3v) is 4.86. The number of carbonyl (C=O) groups excluding carboxylic acids is 2. The summed E-state index contributed by atoms with van der Waals surface area (Å²) in [4.78, 5) is 28.2. The maximum absolute atomic E-state index is 12.9. The Morgan fingerprint density at radius 1 is 1.00 bits per heavy atom. The Balaban J connectivity index is 1.51. The number of rotatable bonds is 7. The van der Waals surface area contributed by atoms with Crippen molar-refractivity contribution < 1.29 is 14.0 Å².